The Balaban J connectivity index is 2.42. The van der Waals surface area contributed by atoms with Gasteiger partial charge < -0.3 is 10.2 Å². The largest absolute Gasteiger partial charge is 0.336 e. The molecule has 1 aliphatic rings. The molecule has 2 unspecified atom stereocenters. The van der Waals surface area contributed by atoms with Gasteiger partial charge >= 0.3 is 6.03 Å². The summed E-state index contributed by atoms with van der Waals surface area (Å²) in [6, 6.07) is 0.816. The molecule has 0 bridgehead atoms. The SMILES string of the molecule is CCC(C)NC(=O)N1CCCCC1C. The summed E-state index contributed by atoms with van der Waals surface area (Å²) in [5, 5.41) is 3.02. The molecule has 1 N–H and O–H groups in total. The molecule has 1 rings (SSSR count). The first-order chi connectivity index (χ1) is 6.65. The third-order valence-electron chi connectivity index (χ3n) is 3.05. The monoisotopic (exact) mass is 198 g/mol. The van der Waals surface area contributed by atoms with E-state index in [0.29, 0.717) is 6.04 Å². The number of nitrogens with zero attached hydrogens (tertiary/aromatic N) is 1. The summed E-state index contributed by atoms with van der Waals surface area (Å²) >= 11 is 0. The van der Waals surface area contributed by atoms with Gasteiger partial charge in [-0.25, -0.2) is 4.79 Å². The topological polar surface area (TPSA) is 32.3 Å². The van der Waals surface area contributed by atoms with Crippen molar-refractivity contribution >= 4 is 6.03 Å². The third-order valence-corrected chi connectivity index (χ3v) is 3.05. The Morgan fingerprint density at radius 2 is 2.29 bits per heavy atom. The van der Waals surface area contributed by atoms with Crippen LogP contribution in [0.4, 0.5) is 4.79 Å². The van der Waals surface area contributed by atoms with Gasteiger partial charge in [0.05, 0.1) is 0 Å². The average molecular weight is 198 g/mol. The molecule has 3 nitrogen and oxygen atoms in total. The summed E-state index contributed by atoms with van der Waals surface area (Å²) in [7, 11) is 0. The van der Waals surface area contributed by atoms with Crippen LogP contribution >= 0.6 is 0 Å². The highest BCUT2D eigenvalue weighted by molar-refractivity contribution is 5.74. The van der Waals surface area contributed by atoms with Crippen molar-refractivity contribution in [2.45, 2.75) is 58.5 Å². The first kappa shape index (κ1) is 11.3. The van der Waals surface area contributed by atoms with E-state index < -0.39 is 0 Å². The van der Waals surface area contributed by atoms with Gasteiger partial charge in [-0.15, -0.1) is 0 Å². The van der Waals surface area contributed by atoms with E-state index in [9.17, 15) is 4.79 Å². The van der Waals surface area contributed by atoms with Crippen molar-refractivity contribution in [2.24, 2.45) is 0 Å². The Morgan fingerprint density at radius 3 is 2.86 bits per heavy atom. The lowest BCUT2D eigenvalue weighted by Crippen LogP contribution is -2.49. The number of likely N-dealkylation sites (tertiary alicyclic amines) is 1. The number of carbonyl (C=O) groups is 1. The van der Waals surface area contributed by atoms with Gasteiger partial charge in [0, 0.05) is 18.6 Å². The van der Waals surface area contributed by atoms with Crippen LogP contribution in [0.2, 0.25) is 0 Å². The van der Waals surface area contributed by atoms with Gasteiger partial charge in [0.25, 0.3) is 0 Å². The summed E-state index contributed by atoms with van der Waals surface area (Å²) < 4.78 is 0. The van der Waals surface area contributed by atoms with Crippen LogP contribution in [0.25, 0.3) is 0 Å². The third kappa shape index (κ3) is 2.89. The maximum Gasteiger partial charge on any atom is 0.317 e. The molecule has 0 aromatic rings. The standard InChI is InChI=1S/C11H22N2O/c1-4-9(2)12-11(14)13-8-6-5-7-10(13)3/h9-10H,4-8H2,1-3H3,(H,12,14). The Kier molecular flexibility index (Phi) is 4.23. The van der Waals surface area contributed by atoms with E-state index in [4.69, 9.17) is 0 Å². The van der Waals surface area contributed by atoms with Crippen molar-refractivity contribution in [1.29, 1.82) is 0 Å². The number of piperidine rings is 1. The molecule has 0 saturated carbocycles. The van der Waals surface area contributed by atoms with E-state index in [0.717, 1.165) is 25.8 Å². The zero-order valence-corrected chi connectivity index (χ0v) is 9.55. The first-order valence-electron chi connectivity index (χ1n) is 5.72. The molecule has 0 radical (unpaired) electrons. The molecule has 1 fully saturated rings. The number of amides is 2. The summed E-state index contributed by atoms with van der Waals surface area (Å²) in [6.45, 7) is 7.19. The number of urea groups is 1. The van der Waals surface area contributed by atoms with Gasteiger partial charge in [-0.2, -0.15) is 0 Å². The van der Waals surface area contributed by atoms with E-state index in [1.54, 1.807) is 0 Å². The minimum Gasteiger partial charge on any atom is -0.336 e. The summed E-state index contributed by atoms with van der Waals surface area (Å²) in [5.74, 6) is 0. The molecular weight excluding hydrogens is 176 g/mol. The van der Waals surface area contributed by atoms with E-state index >= 15 is 0 Å². The molecule has 1 aliphatic heterocycles. The van der Waals surface area contributed by atoms with Crippen molar-refractivity contribution < 1.29 is 4.79 Å². The first-order valence-corrected chi connectivity index (χ1v) is 5.72. The van der Waals surface area contributed by atoms with Crippen LogP contribution in [0.5, 0.6) is 0 Å². The molecule has 3 heteroatoms. The summed E-state index contributed by atoms with van der Waals surface area (Å²) in [5.41, 5.74) is 0. The number of carbonyl (C=O) groups excluding carboxylic acids is 1. The van der Waals surface area contributed by atoms with Crippen molar-refractivity contribution in [1.82, 2.24) is 10.2 Å². The van der Waals surface area contributed by atoms with Gasteiger partial charge in [-0.05, 0) is 39.5 Å². The molecule has 0 spiro atoms. The van der Waals surface area contributed by atoms with Crippen LogP contribution in [0.15, 0.2) is 0 Å². The summed E-state index contributed by atoms with van der Waals surface area (Å²) in [6.07, 6.45) is 4.55. The maximum atomic E-state index is 11.8. The number of hydrogen-bond donors (Lipinski definition) is 1. The number of hydrogen-bond acceptors (Lipinski definition) is 1. The van der Waals surface area contributed by atoms with Crippen LogP contribution in [-0.2, 0) is 0 Å². The van der Waals surface area contributed by atoms with E-state index in [1.807, 2.05) is 11.8 Å². The fraction of sp³-hybridized carbons (Fsp3) is 0.909. The van der Waals surface area contributed by atoms with Crippen LogP contribution in [-0.4, -0.2) is 29.6 Å². The quantitative estimate of drug-likeness (QED) is 0.726. The molecule has 2 atom stereocenters. The lowest BCUT2D eigenvalue weighted by atomic mass is 10.0. The molecule has 2 amide bonds. The van der Waals surface area contributed by atoms with Gasteiger partial charge in [-0.1, -0.05) is 6.92 Å². The van der Waals surface area contributed by atoms with Crippen molar-refractivity contribution in [2.75, 3.05) is 6.54 Å². The predicted molar refractivity (Wildman–Crippen MR) is 58.3 cm³/mol. The predicted octanol–water partition coefficient (Wildman–Crippen LogP) is 2.37. The summed E-state index contributed by atoms with van der Waals surface area (Å²) in [4.78, 5) is 13.8. The fourth-order valence-electron chi connectivity index (χ4n) is 1.80. The average Bonchev–Trinajstić information content (AvgIpc) is 2.18. The highest BCUT2D eigenvalue weighted by atomic mass is 16.2. The second-order valence-corrected chi connectivity index (χ2v) is 4.30. The highest BCUT2D eigenvalue weighted by Gasteiger charge is 2.23. The van der Waals surface area contributed by atoms with Gasteiger partial charge in [0.1, 0.15) is 0 Å². The fourth-order valence-corrected chi connectivity index (χ4v) is 1.80. The van der Waals surface area contributed by atoms with Crippen LogP contribution in [0.3, 0.4) is 0 Å². The molecule has 14 heavy (non-hydrogen) atoms. The van der Waals surface area contributed by atoms with Gasteiger partial charge in [0.2, 0.25) is 0 Å². The Labute approximate surface area is 86.9 Å². The Bertz CT molecular complexity index is 194. The van der Waals surface area contributed by atoms with Crippen molar-refractivity contribution in [3.05, 3.63) is 0 Å². The molecule has 0 aromatic carbocycles. The van der Waals surface area contributed by atoms with Gasteiger partial charge in [0.15, 0.2) is 0 Å². The van der Waals surface area contributed by atoms with Crippen molar-refractivity contribution in [3.63, 3.8) is 0 Å². The second-order valence-electron chi connectivity index (χ2n) is 4.30. The molecule has 0 aromatic heterocycles. The second kappa shape index (κ2) is 5.23. The lowest BCUT2D eigenvalue weighted by Gasteiger charge is -2.34. The van der Waals surface area contributed by atoms with Crippen LogP contribution < -0.4 is 5.32 Å². The molecule has 82 valence electrons. The normalized spacial score (nSPS) is 24.5. The van der Waals surface area contributed by atoms with E-state index in [2.05, 4.69) is 19.2 Å². The zero-order chi connectivity index (χ0) is 10.6. The van der Waals surface area contributed by atoms with Crippen LogP contribution in [0.1, 0.15) is 46.5 Å². The highest BCUT2D eigenvalue weighted by Crippen LogP contribution is 2.16. The van der Waals surface area contributed by atoms with Gasteiger partial charge in [-0.3, -0.25) is 0 Å². The van der Waals surface area contributed by atoms with E-state index in [1.165, 1.54) is 6.42 Å². The Hall–Kier alpha value is -0.730. The lowest BCUT2D eigenvalue weighted by molar-refractivity contribution is 0.155. The van der Waals surface area contributed by atoms with E-state index in [-0.39, 0.29) is 12.1 Å². The number of rotatable bonds is 2. The maximum absolute atomic E-state index is 11.8. The molecule has 1 heterocycles. The number of nitrogens with one attached hydrogen (secondary N) is 1. The molecule has 0 aliphatic carbocycles. The minimum atomic E-state index is 0.117. The van der Waals surface area contributed by atoms with Crippen LogP contribution in [0, 0.1) is 0 Å². The Morgan fingerprint density at radius 1 is 1.57 bits per heavy atom. The molecule has 1 saturated heterocycles. The minimum absolute atomic E-state index is 0.117. The molecular formula is C11H22N2O. The zero-order valence-electron chi connectivity index (χ0n) is 9.55. The smallest absolute Gasteiger partial charge is 0.317 e. The van der Waals surface area contributed by atoms with Crippen molar-refractivity contribution in [3.8, 4) is 0 Å².